The summed E-state index contributed by atoms with van der Waals surface area (Å²) in [6.07, 6.45) is 2.98. The van der Waals surface area contributed by atoms with Gasteiger partial charge in [0, 0.05) is 37.7 Å². The number of Topliss-reactive ketones (excluding diaryl/α,β-unsaturated/α-hetero) is 1. The molecule has 1 unspecified atom stereocenters. The average molecular weight is 330 g/mol. The van der Waals surface area contributed by atoms with Crippen molar-refractivity contribution in [1.29, 1.82) is 0 Å². The second kappa shape index (κ2) is 5.55. The number of carbonyl (C=O) groups excluding carboxylic acids is 4. The van der Waals surface area contributed by atoms with Gasteiger partial charge in [0.15, 0.2) is 5.60 Å². The predicted molar refractivity (Wildman–Crippen MR) is 77.6 cm³/mol. The van der Waals surface area contributed by atoms with Crippen molar-refractivity contribution in [3.8, 4) is 0 Å². The van der Waals surface area contributed by atoms with Crippen molar-refractivity contribution in [1.82, 2.24) is 9.88 Å². The quantitative estimate of drug-likeness (QED) is 0.596. The number of hydrogen-bond donors (Lipinski definition) is 0. The molecule has 0 aliphatic carbocycles. The summed E-state index contributed by atoms with van der Waals surface area (Å²) >= 11 is 0. The first-order valence-corrected chi connectivity index (χ1v) is 7.27. The van der Waals surface area contributed by atoms with E-state index < -0.39 is 34.9 Å². The number of aromatic nitrogens is 1. The zero-order valence-electron chi connectivity index (χ0n) is 13.1. The molecule has 124 valence electrons. The standard InChI is InChI=1S/C16H14N2O6/c1-9(19)23-13-14(22)16(2,10-5-7-17-8-6-10)24-15(13)18-11(20)3-4-12(18)21/h5-8H,3-4H2,1-2H3. The molecule has 2 aliphatic heterocycles. The first-order chi connectivity index (χ1) is 11.3. The molecule has 0 spiro atoms. The summed E-state index contributed by atoms with van der Waals surface area (Å²) < 4.78 is 10.7. The second-order valence-corrected chi connectivity index (χ2v) is 5.55. The number of nitrogens with zero attached hydrogens (tertiary/aromatic N) is 2. The minimum Gasteiger partial charge on any atom is -0.456 e. The third-order valence-electron chi connectivity index (χ3n) is 3.87. The van der Waals surface area contributed by atoms with Gasteiger partial charge in [-0.2, -0.15) is 0 Å². The first-order valence-electron chi connectivity index (χ1n) is 7.27. The molecule has 3 heterocycles. The number of ether oxygens (including phenoxy) is 2. The number of amides is 2. The van der Waals surface area contributed by atoms with Gasteiger partial charge in [0.1, 0.15) is 0 Å². The lowest BCUT2D eigenvalue weighted by atomic mass is 9.92. The van der Waals surface area contributed by atoms with E-state index in [1.807, 2.05) is 0 Å². The monoisotopic (exact) mass is 330 g/mol. The molecule has 1 aromatic heterocycles. The second-order valence-electron chi connectivity index (χ2n) is 5.55. The lowest BCUT2D eigenvalue weighted by Gasteiger charge is -2.25. The number of imide groups is 1. The van der Waals surface area contributed by atoms with Crippen LogP contribution in [0.1, 0.15) is 32.3 Å². The van der Waals surface area contributed by atoms with Crippen LogP contribution in [0, 0.1) is 0 Å². The summed E-state index contributed by atoms with van der Waals surface area (Å²) in [6, 6.07) is 3.14. The molecule has 1 atom stereocenters. The van der Waals surface area contributed by atoms with Gasteiger partial charge in [0.2, 0.25) is 17.6 Å². The molecule has 0 N–H and O–H groups in total. The molecule has 8 nitrogen and oxygen atoms in total. The summed E-state index contributed by atoms with van der Waals surface area (Å²) in [7, 11) is 0. The van der Waals surface area contributed by atoms with Gasteiger partial charge < -0.3 is 9.47 Å². The number of carbonyl (C=O) groups is 4. The summed E-state index contributed by atoms with van der Waals surface area (Å²) in [5.41, 5.74) is -1.06. The highest BCUT2D eigenvalue weighted by Gasteiger charge is 2.53. The number of hydrogen-bond acceptors (Lipinski definition) is 7. The molecule has 0 saturated carbocycles. The number of ketones is 1. The van der Waals surface area contributed by atoms with Crippen LogP contribution in [0.2, 0.25) is 0 Å². The maximum Gasteiger partial charge on any atom is 0.308 e. The maximum atomic E-state index is 12.8. The van der Waals surface area contributed by atoms with E-state index in [1.165, 1.54) is 19.3 Å². The highest BCUT2D eigenvalue weighted by Crippen LogP contribution is 2.41. The van der Waals surface area contributed by atoms with Crippen molar-refractivity contribution in [2.75, 3.05) is 0 Å². The summed E-state index contributed by atoms with van der Waals surface area (Å²) in [5.74, 6) is -3.19. The van der Waals surface area contributed by atoms with Crippen LogP contribution in [-0.4, -0.2) is 33.5 Å². The van der Waals surface area contributed by atoms with Crippen LogP contribution in [0.25, 0.3) is 0 Å². The van der Waals surface area contributed by atoms with Crippen LogP contribution in [0.5, 0.6) is 0 Å². The fourth-order valence-corrected chi connectivity index (χ4v) is 2.64. The van der Waals surface area contributed by atoms with Crippen LogP contribution in [-0.2, 0) is 34.3 Å². The third-order valence-corrected chi connectivity index (χ3v) is 3.87. The van der Waals surface area contributed by atoms with Crippen molar-refractivity contribution in [3.63, 3.8) is 0 Å². The highest BCUT2D eigenvalue weighted by molar-refractivity contribution is 6.08. The van der Waals surface area contributed by atoms with E-state index in [9.17, 15) is 19.2 Å². The molecule has 1 fully saturated rings. The van der Waals surface area contributed by atoms with Gasteiger partial charge in [-0.1, -0.05) is 0 Å². The fraction of sp³-hybridized carbons (Fsp3) is 0.312. The molecular formula is C16H14N2O6. The van der Waals surface area contributed by atoms with E-state index in [-0.39, 0.29) is 18.7 Å². The molecule has 2 aliphatic rings. The number of esters is 1. The van der Waals surface area contributed by atoms with Crippen molar-refractivity contribution >= 4 is 23.6 Å². The van der Waals surface area contributed by atoms with Gasteiger partial charge in [0.05, 0.1) is 0 Å². The zero-order valence-corrected chi connectivity index (χ0v) is 13.1. The Labute approximate surface area is 137 Å². The maximum absolute atomic E-state index is 12.8. The zero-order chi connectivity index (χ0) is 17.5. The van der Waals surface area contributed by atoms with Gasteiger partial charge >= 0.3 is 5.97 Å². The van der Waals surface area contributed by atoms with Crippen LogP contribution < -0.4 is 0 Å². The van der Waals surface area contributed by atoms with Crippen LogP contribution in [0.3, 0.4) is 0 Å². The van der Waals surface area contributed by atoms with Gasteiger partial charge in [-0.3, -0.25) is 24.2 Å². The SMILES string of the molecule is CC(=O)OC1=C(N2C(=O)CCC2=O)OC(C)(c2ccncc2)C1=O. The van der Waals surface area contributed by atoms with E-state index in [0.717, 1.165) is 11.8 Å². The van der Waals surface area contributed by atoms with E-state index >= 15 is 0 Å². The largest absolute Gasteiger partial charge is 0.456 e. The Morgan fingerprint density at radius 2 is 1.79 bits per heavy atom. The van der Waals surface area contributed by atoms with Crippen molar-refractivity contribution in [2.24, 2.45) is 0 Å². The Kier molecular flexibility index (Phi) is 3.67. The molecule has 0 aromatic carbocycles. The Bertz CT molecular complexity index is 769. The lowest BCUT2D eigenvalue weighted by Crippen LogP contribution is -2.33. The predicted octanol–water partition coefficient (Wildman–Crippen LogP) is 0.777. The van der Waals surface area contributed by atoms with Crippen LogP contribution in [0.15, 0.2) is 36.2 Å². The van der Waals surface area contributed by atoms with Crippen LogP contribution >= 0.6 is 0 Å². The molecule has 24 heavy (non-hydrogen) atoms. The minimum atomic E-state index is -1.52. The smallest absolute Gasteiger partial charge is 0.308 e. The number of pyridine rings is 1. The summed E-state index contributed by atoms with van der Waals surface area (Å²) in [5, 5.41) is 0. The topological polar surface area (TPSA) is 103 Å². The van der Waals surface area contributed by atoms with Crippen molar-refractivity contribution in [2.45, 2.75) is 32.3 Å². The number of rotatable bonds is 3. The average Bonchev–Trinajstić information content (AvgIpc) is 3.00. The third kappa shape index (κ3) is 2.36. The Morgan fingerprint density at radius 3 is 2.33 bits per heavy atom. The van der Waals surface area contributed by atoms with E-state index in [1.54, 1.807) is 12.1 Å². The van der Waals surface area contributed by atoms with Gasteiger partial charge in [-0.25, -0.2) is 4.90 Å². The molecule has 1 aromatic rings. The Morgan fingerprint density at radius 1 is 1.21 bits per heavy atom. The molecule has 2 amide bonds. The van der Waals surface area contributed by atoms with Crippen molar-refractivity contribution < 1.29 is 28.7 Å². The highest BCUT2D eigenvalue weighted by atomic mass is 16.6. The van der Waals surface area contributed by atoms with Gasteiger partial charge in [-0.15, -0.1) is 0 Å². The fourth-order valence-electron chi connectivity index (χ4n) is 2.64. The van der Waals surface area contributed by atoms with E-state index in [2.05, 4.69) is 4.98 Å². The van der Waals surface area contributed by atoms with E-state index in [4.69, 9.17) is 9.47 Å². The normalized spacial score (nSPS) is 23.8. The minimum absolute atomic E-state index is 0.0131. The number of likely N-dealkylation sites (tertiary alicyclic amines) is 1. The van der Waals surface area contributed by atoms with Crippen LogP contribution in [0.4, 0.5) is 0 Å². The molecule has 3 rings (SSSR count). The van der Waals surface area contributed by atoms with Crippen molar-refractivity contribution in [3.05, 3.63) is 41.7 Å². The Balaban J connectivity index is 2.08. The lowest BCUT2D eigenvalue weighted by molar-refractivity contribution is -0.144. The molecular weight excluding hydrogens is 316 g/mol. The van der Waals surface area contributed by atoms with Gasteiger partial charge in [0.25, 0.3) is 11.7 Å². The van der Waals surface area contributed by atoms with Gasteiger partial charge in [-0.05, 0) is 19.1 Å². The molecule has 8 heteroatoms. The first kappa shape index (κ1) is 15.9. The van der Waals surface area contributed by atoms with E-state index in [0.29, 0.717) is 5.56 Å². The molecule has 0 radical (unpaired) electrons. The summed E-state index contributed by atoms with van der Waals surface area (Å²) in [6.45, 7) is 2.60. The molecule has 1 saturated heterocycles. The molecule has 0 bridgehead atoms. The summed E-state index contributed by atoms with van der Waals surface area (Å²) in [4.78, 5) is 52.8. The Hall–Kier alpha value is -3.03.